The van der Waals surface area contributed by atoms with Gasteiger partial charge >= 0.3 is 5.97 Å². The monoisotopic (exact) mass is 462 g/mol. The Hall–Kier alpha value is -4.40. The normalized spacial score (nSPS) is 10.7. The van der Waals surface area contributed by atoms with E-state index < -0.39 is 11.9 Å². The summed E-state index contributed by atoms with van der Waals surface area (Å²) in [6.45, 7) is 0.370. The van der Waals surface area contributed by atoms with Crippen molar-refractivity contribution in [3.8, 4) is 5.75 Å². The maximum absolute atomic E-state index is 13.5. The number of rotatable bonds is 7. The first-order chi connectivity index (χ1) is 16.4. The fraction of sp³-hybridized carbons (Fsp3) is 0.160. The number of methoxy groups -OCH3 is 2. The highest BCUT2D eigenvalue weighted by atomic mass is 19.1. The Bertz CT molecular complexity index is 1370. The second kappa shape index (κ2) is 9.62. The van der Waals surface area contributed by atoms with Crippen molar-refractivity contribution in [2.45, 2.75) is 6.54 Å². The van der Waals surface area contributed by atoms with Crippen molar-refractivity contribution in [2.24, 2.45) is 7.05 Å². The standard InChI is InChI=1S/C25H23FN4O4/c1-30-22(25(32)34-3)21(29-24(31)16-7-9-19(33-2)10-8-16)20-12-18(14-28-23(20)30)27-13-15-5-4-6-17(26)11-15/h4-12,14,27H,13H2,1-3H3,(H,29,31). The molecule has 4 rings (SSSR count). The van der Waals surface area contributed by atoms with Crippen molar-refractivity contribution in [1.29, 1.82) is 0 Å². The van der Waals surface area contributed by atoms with Gasteiger partial charge in [-0.25, -0.2) is 14.2 Å². The highest BCUT2D eigenvalue weighted by Crippen LogP contribution is 2.32. The van der Waals surface area contributed by atoms with Crippen LogP contribution in [0.2, 0.25) is 0 Å². The van der Waals surface area contributed by atoms with E-state index in [0.29, 0.717) is 34.6 Å². The van der Waals surface area contributed by atoms with Crippen LogP contribution in [0.1, 0.15) is 26.4 Å². The van der Waals surface area contributed by atoms with E-state index in [4.69, 9.17) is 9.47 Å². The quantitative estimate of drug-likeness (QED) is 0.396. The number of halogens is 1. The molecule has 0 aliphatic carbocycles. The zero-order valence-electron chi connectivity index (χ0n) is 18.9. The Balaban J connectivity index is 1.70. The lowest BCUT2D eigenvalue weighted by Crippen LogP contribution is -2.16. The molecule has 2 heterocycles. The minimum atomic E-state index is -0.611. The van der Waals surface area contributed by atoms with Gasteiger partial charge in [0.15, 0.2) is 5.69 Å². The largest absolute Gasteiger partial charge is 0.497 e. The first-order valence-electron chi connectivity index (χ1n) is 10.4. The van der Waals surface area contributed by atoms with Crippen LogP contribution in [0.4, 0.5) is 15.8 Å². The molecule has 0 unspecified atom stereocenters. The number of carbonyl (C=O) groups excluding carboxylic acids is 2. The van der Waals surface area contributed by atoms with Gasteiger partial charge in [-0.2, -0.15) is 0 Å². The van der Waals surface area contributed by atoms with Crippen LogP contribution in [0, 0.1) is 5.82 Å². The van der Waals surface area contributed by atoms with Gasteiger partial charge in [-0.3, -0.25) is 4.79 Å². The van der Waals surface area contributed by atoms with Crippen LogP contribution >= 0.6 is 0 Å². The molecule has 0 aliphatic rings. The van der Waals surface area contributed by atoms with Crippen LogP contribution in [-0.4, -0.2) is 35.6 Å². The summed E-state index contributed by atoms with van der Waals surface area (Å²) in [5.74, 6) is -0.712. The van der Waals surface area contributed by atoms with Crippen LogP contribution < -0.4 is 15.4 Å². The number of fused-ring (bicyclic) bond motifs is 1. The summed E-state index contributed by atoms with van der Waals surface area (Å²) >= 11 is 0. The Morgan fingerprint density at radius 3 is 2.53 bits per heavy atom. The molecule has 2 N–H and O–H groups in total. The number of carbonyl (C=O) groups is 2. The number of hydrogen-bond acceptors (Lipinski definition) is 6. The lowest BCUT2D eigenvalue weighted by molar-refractivity contribution is 0.0591. The van der Waals surface area contributed by atoms with Gasteiger partial charge in [0.05, 0.1) is 31.8 Å². The third-order valence-corrected chi connectivity index (χ3v) is 5.38. The first kappa shape index (κ1) is 22.8. The van der Waals surface area contributed by atoms with Gasteiger partial charge in [-0.05, 0) is 48.0 Å². The smallest absolute Gasteiger partial charge is 0.356 e. The Kier molecular flexibility index (Phi) is 6.44. The third-order valence-electron chi connectivity index (χ3n) is 5.38. The molecule has 0 spiro atoms. The number of aromatic nitrogens is 2. The van der Waals surface area contributed by atoms with E-state index in [1.807, 2.05) is 0 Å². The summed E-state index contributed by atoms with van der Waals surface area (Å²) in [5, 5.41) is 6.58. The highest BCUT2D eigenvalue weighted by Gasteiger charge is 2.25. The van der Waals surface area contributed by atoms with E-state index in [-0.39, 0.29) is 17.2 Å². The van der Waals surface area contributed by atoms with E-state index in [9.17, 15) is 14.0 Å². The Morgan fingerprint density at radius 1 is 1.09 bits per heavy atom. The van der Waals surface area contributed by atoms with Crippen LogP contribution in [-0.2, 0) is 18.3 Å². The zero-order chi connectivity index (χ0) is 24.2. The molecule has 0 saturated heterocycles. The fourth-order valence-electron chi connectivity index (χ4n) is 3.65. The molecule has 0 radical (unpaired) electrons. The first-order valence-corrected chi connectivity index (χ1v) is 10.4. The molecule has 34 heavy (non-hydrogen) atoms. The van der Waals surface area contributed by atoms with Crippen molar-refractivity contribution in [3.05, 3.63) is 83.4 Å². The van der Waals surface area contributed by atoms with Gasteiger partial charge in [0.25, 0.3) is 5.91 Å². The fourth-order valence-corrected chi connectivity index (χ4v) is 3.65. The average molecular weight is 462 g/mol. The molecule has 8 nitrogen and oxygen atoms in total. The zero-order valence-corrected chi connectivity index (χ0v) is 18.9. The summed E-state index contributed by atoms with van der Waals surface area (Å²) in [6.07, 6.45) is 1.61. The SMILES string of the molecule is COC(=O)c1c(NC(=O)c2ccc(OC)cc2)c2cc(NCc3cccc(F)c3)cnc2n1C. The second-order valence-corrected chi connectivity index (χ2v) is 7.54. The molecule has 0 aliphatic heterocycles. The van der Waals surface area contributed by atoms with Crippen LogP contribution in [0.5, 0.6) is 5.75 Å². The summed E-state index contributed by atoms with van der Waals surface area (Å²) < 4.78 is 25.1. The molecule has 0 bridgehead atoms. The lowest BCUT2D eigenvalue weighted by atomic mass is 10.2. The maximum Gasteiger partial charge on any atom is 0.356 e. The minimum Gasteiger partial charge on any atom is -0.497 e. The molecule has 0 atom stereocenters. The maximum atomic E-state index is 13.5. The topological polar surface area (TPSA) is 94.5 Å². The molecule has 9 heteroatoms. The van der Waals surface area contributed by atoms with E-state index in [1.165, 1.54) is 19.2 Å². The highest BCUT2D eigenvalue weighted by molar-refractivity contribution is 6.14. The average Bonchev–Trinajstić information content (AvgIpc) is 3.13. The second-order valence-electron chi connectivity index (χ2n) is 7.54. The number of benzene rings is 2. The lowest BCUT2D eigenvalue weighted by Gasteiger charge is -2.09. The molecule has 1 amide bonds. The number of hydrogen-bond donors (Lipinski definition) is 2. The van der Waals surface area contributed by atoms with Gasteiger partial charge < -0.3 is 24.7 Å². The van der Waals surface area contributed by atoms with Gasteiger partial charge in [0, 0.05) is 24.5 Å². The van der Waals surface area contributed by atoms with Gasteiger partial charge in [0.2, 0.25) is 0 Å². The number of amides is 1. The van der Waals surface area contributed by atoms with E-state index >= 15 is 0 Å². The number of nitrogens with zero attached hydrogens (tertiary/aromatic N) is 2. The van der Waals surface area contributed by atoms with Gasteiger partial charge in [-0.15, -0.1) is 0 Å². The van der Waals surface area contributed by atoms with E-state index in [1.54, 1.807) is 67.4 Å². The van der Waals surface area contributed by atoms with Gasteiger partial charge in [-0.1, -0.05) is 12.1 Å². The summed E-state index contributed by atoms with van der Waals surface area (Å²) in [5.41, 5.74) is 2.72. The molecule has 2 aromatic heterocycles. The number of nitrogens with one attached hydrogen (secondary N) is 2. The minimum absolute atomic E-state index is 0.161. The van der Waals surface area contributed by atoms with E-state index in [2.05, 4.69) is 15.6 Å². The van der Waals surface area contributed by atoms with Crippen molar-refractivity contribution in [2.75, 3.05) is 24.9 Å². The summed E-state index contributed by atoms with van der Waals surface area (Å²) in [4.78, 5) is 30.0. The number of anilines is 2. The Morgan fingerprint density at radius 2 is 1.85 bits per heavy atom. The van der Waals surface area contributed by atoms with E-state index in [0.717, 1.165) is 5.56 Å². The van der Waals surface area contributed by atoms with Crippen LogP contribution in [0.25, 0.3) is 11.0 Å². The van der Waals surface area contributed by atoms with Gasteiger partial charge in [0.1, 0.15) is 17.2 Å². The number of pyridine rings is 1. The van der Waals surface area contributed by atoms with Crippen molar-refractivity contribution in [3.63, 3.8) is 0 Å². The summed E-state index contributed by atoms with van der Waals surface area (Å²) in [6, 6.07) is 14.6. The molecular formula is C25H23FN4O4. The number of ether oxygens (including phenoxy) is 2. The summed E-state index contributed by atoms with van der Waals surface area (Å²) in [7, 11) is 4.49. The predicted octanol–water partition coefficient (Wildman–Crippen LogP) is 4.37. The molecule has 0 saturated carbocycles. The molecule has 174 valence electrons. The number of aryl methyl sites for hydroxylation is 1. The Labute approximate surface area is 195 Å². The molecular weight excluding hydrogens is 439 g/mol. The van der Waals surface area contributed by atoms with Crippen molar-refractivity contribution in [1.82, 2.24) is 9.55 Å². The molecule has 0 fully saturated rings. The predicted molar refractivity (Wildman–Crippen MR) is 127 cm³/mol. The van der Waals surface area contributed by atoms with Crippen molar-refractivity contribution >= 4 is 34.3 Å². The third kappa shape index (κ3) is 4.54. The van der Waals surface area contributed by atoms with Crippen molar-refractivity contribution < 1.29 is 23.5 Å². The number of esters is 1. The van der Waals surface area contributed by atoms with Crippen LogP contribution in [0.3, 0.4) is 0 Å². The van der Waals surface area contributed by atoms with Crippen LogP contribution in [0.15, 0.2) is 60.8 Å². The molecule has 4 aromatic rings. The molecule has 2 aromatic carbocycles.